The van der Waals surface area contributed by atoms with Crippen LogP contribution >= 0.6 is 0 Å². The van der Waals surface area contributed by atoms with Crippen molar-refractivity contribution in [3.63, 3.8) is 0 Å². The fourth-order valence-electron chi connectivity index (χ4n) is 2.74. The van der Waals surface area contributed by atoms with Gasteiger partial charge in [-0.1, -0.05) is 6.92 Å². The lowest BCUT2D eigenvalue weighted by atomic mass is 10.1. The minimum Gasteiger partial charge on any atom is -0.493 e. The molecule has 132 valence electrons. The molecule has 1 heterocycles. The molecule has 0 atom stereocenters. The van der Waals surface area contributed by atoms with E-state index in [4.69, 9.17) is 9.47 Å². The number of methoxy groups -OCH3 is 1. The summed E-state index contributed by atoms with van der Waals surface area (Å²) in [6.07, 6.45) is 0. The summed E-state index contributed by atoms with van der Waals surface area (Å²) in [6, 6.07) is 2.66. The Morgan fingerprint density at radius 2 is 1.88 bits per heavy atom. The van der Waals surface area contributed by atoms with Crippen molar-refractivity contribution in [1.29, 1.82) is 0 Å². The molecule has 1 amide bonds. The van der Waals surface area contributed by atoms with Gasteiger partial charge in [-0.15, -0.1) is 0 Å². The van der Waals surface area contributed by atoms with E-state index in [0.29, 0.717) is 25.4 Å². The Labute approximate surface area is 141 Å². The first-order valence-corrected chi connectivity index (χ1v) is 8.02. The van der Waals surface area contributed by atoms with E-state index in [1.165, 1.54) is 19.2 Å². The summed E-state index contributed by atoms with van der Waals surface area (Å²) in [5.41, 5.74) is -0.229. The molecule has 1 aromatic rings. The second-order valence-corrected chi connectivity index (χ2v) is 5.44. The monoisotopic (exact) mass is 337 g/mol. The predicted octanol–water partition coefficient (Wildman–Crippen LogP) is 1.78. The second-order valence-electron chi connectivity index (χ2n) is 5.44. The Kier molecular flexibility index (Phi) is 5.97. The van der Waals surface area contributed by atoms with Gasteiger partial charge in [0.15, 0.2) is 11.5 Å². The number of carbonyl (C=O) groups is 1. The maximum Gasteiger partial charge on any atom is 0.286 e. The van der Waals surface area contributed by atoms with Crippen LogP contribution < -0.4 is 9.47 Å². The van der Waals surface area contributed by atoms with Gasteiger partial charge in [0.1, 0.15) is 5.56 Å². The first-order chi connectivity index (χ1) is 11.5. The van der Waals surface area contributed by atoms with Crippen LogP contribution in [0.1, 0.15) is 24.2 Å². The SMILES string of the molecule is CCOc1cc(C(=O)N2CCN(CC)CC2)c([N+](=O)[O-])cc1OC. The van der Waals surface area contributed by atoms with Crippen LogP contribution in [0, 0.1) is 10.1 Å². The molecule has 8 heteroatoms. The molecule has 24 heavy (non-hydrogen) atoms. The van der Waals surface area contributed by atoms with Crippen molar-refractivity contribution in [2.75, 3.05) is 46.4 Å². The van der Waals surface area contributed by atoms with Crippen LogP contribution in [0.25, 0.3) is 0 Å². The highest BCUT2D eigenvalue weighted by molar-refractivity contribution is 5.99. The average Bonchev–Trinajstić information content (AvgIpc) is 2.61. The zero-order valence-corrected chi connectivity index (χ0v) is 14.3. The third-order valence-electron chi connectivity index (χ3n) is 4.12. The predicted molar refractivity (Wildman–Crippen MR) is 88.8 cm³/mol. The molecule has 0 spiro atoms. The van der Waals surface area contributed by atoms with E-state index in [0.717, 1.165) is 19.6 Å². The summed E-state index contributed by atoms with van der Waals surface area (Å²) in [6.45, 7) is 7.82. The maximum atomic E-state index is 12.8. The van der Waals surface area contributed by atoms with Gasteiger partial charge in [-0.25, -0.2) is 0 Å². The van der Waals surface area contributed by atoms with Crippen LogP contribution in [0.3, 0.4) is 0 Å². The lowest BCUT2D eigenvalue weighted by molar-refractivity contribution is -0.385. The highest BCUT2D eigenvalue weighted by Crippen LogP contribution is 2.35. The first kappa shape index (κ1) is 18.0. The molecule has 1 aliphatic rings. The van der Waals surface area contributed by atoms with Crippen molar-refractivity contribution in [1.82, 2.24) is 9.80 Å². The Balaban J connectivity index is 2.34. The van der Waals surface area contributed by atoms with Crippen LogP contribution in [0.15, 0.2) is 12.1 Å². The Bertz CT molecular complexity index is 612. The van der Waals surface area contributed by atoms with Crippen molar-refractivity contribution in [3.8, 4) is 11.5 Å². The molecule has 0 unspecified atom stereocenters. The largest absolute Gasteiger partial charge is 0.493 e. The van der Waals surface area contributed by atoms with Crippen molar-refractivity contribution in [3.05, 3.63) is 27.8 Å². The molecular formula is C16H23N3O5. The van der Waals surface area contributed by atoms with E-state index in [1.54, 1.807) is 11.8 Å². The lowest BCUT2D eigenvalue weighted by Gasteiger charge is -2.34. The summed E-state index contributed by atoms with van der Waals surface area (Å²) in [5, 5.41) is 11.4. The number of rotatable bonds is 6. The third kappa shape index (κ3) is 3.76. The quantitative estimate of drug-likeness (QED) is 0.581. The van der Waals surface area contributed by atoms with E-state index < -0.39 is 4.92 Å². The number of carbonyl (C=O) groups excluding carboxylic acids is 1. The number of amides is 1. The molecular weight excluding hydrogens is 314 g/mol. The number of benzene rings is 1. The second kappa shape index (κ2) is 7.96. The first-order valence-electron chi connectivity index (χ1n) is 8.02. The van der Waals surface area contributed by atoms with Crippen LogP contribution in [0.2, 0.25) is 0 Å². The Morgan fingerprint density at radius 1 is 1.21 bits per heavy atom. The number of likely N-dealkylation sites (N-methyl/N-ethyl adjacent to an activating group) is 1. The van der Waals surface area contributed by atoms with E-state index in [9.17, 15) is 14.9 Å². The van der Waals surface area contributed by atoms with Gasteiger partial charge in [-0.2, -0.15) is 0 Å². The molecule has 0 radical (unpaired) electrons. The smallest absolute Gasteiger partial charge is 0.286 e. The van der Waals surface area contributed by atoms with Crippen LogP contribution in [0.4, 0.5) is 5.69 Å². The highest BCUT2D eigenvalue weighted by atomic mass is 16.6. The van der Waals surface area contributed by atoms with Gasteiger partial charge in [0, 0.05) is 32.2 Å². The minimum atomic E-state index is -0.562. The molecule has 0 saturated carbocycles. The Hall–Kier alpha value is -2.35. The molecule has 0 bridgehead atoms. The molecule has 8 nitrogen and oxygen atoms in total. The zero-order chi connectivity index (χ0) is 17.7. The third-order valence-corrected chi connectivity index (χ3v) is 4.12. The molecule has 0 aliphatic carbocycles. The minimum absolute atomic E-state index is 0.0363. The molecule has 1 aromatic carbocycles. The number of nitrogens with zero attached hydrogens (tertiary/aromatic N) is 3. The number of ether oxygens (including phenoxy) is 2. The number of hydrogen-bond donors (Lipinski definition) is 0. The maximum absolute atomic E-state index is 12.8. The number of hydrogen-bond acceptors (Lipinski definition) is 6. The molecule has 1 fully saturated rings. The Morgan fingerprint density at radius 3 is 2.38 bits per heavy atom. The lowest BCUT2D eigenvalue weighted by Crippen LogP contribution is -2.48. The zero-order valence-electron chi connectivity index (χ0n) is 14.3. The number of nitro benzene ring substituents is 1. The normalized spacial score (nSPS) is 15.2. The van der Waals surface area contributed by atoms with Gasteiger partial charge >= 0.3 is 0 Å². The van der Waals surface area contributed by atoms with Gasteiger partial charge in [0.05, 0.1) is 24.7 Å². The van der Waals surface area contributed by atoms with E-state index in [1.807, 2.05) is 0 Å². The standard InChI is InChI=1S/C16H23N3O5/c1-4-17-6-8-18(9-7-17)16(20)12-10-15(24-5-2)14(23-3)11-13(12)19(21)22/h10-11H,4-9H2,1-3H3. The highest BCUT2D eigenvalue weighted by Gasteiger charge is 2.29. The fraction of sp³-hybridized carbons (Fsp3) is 0.562. The van der Waals surface area contributed by atoms with Crippen LogP contribution in [-0.2, 0) is 0 Å². The fourth-order valence-corrected chi connectivity index (χ4v) is 2.74. The number of nitro groups is 1. The molecule has 1 saturated heterocycles. The van der Waals surface area contributed by atoms with E-state index in [2.05, 4.69) is 11.8 Å². The summed E-state index contributed by atoms with van der Waals surface area (Å²) in [7, 11) is 1.41. The van der Waals surface area contributed by atoms with E-state index in [-0.39, 0.29) is 22.9 Å². The van der Waals surface area contributed by atoms with Crippen LogP contribution in [-0.4, -0.2) is 67.1 Å². The summed E-state index contributed by atoms with van der Waals surface area (Å²) >= 11 is 0. The summed E-state index contributed by atoms with van der Waals surface area (Å²) in [4.78, 5) is 27.5. The number of piperazine rings is 1. The van der Waals surface area contributed by atoms with Gasteiger partial charge in [-0.3, -0.25) is 14.9 Å². The topological polar surface area (TPSA) is 85.2 Å². The molecule has 2 rings (SSSR count). The van der Waals surface area contributed by atoms with Crippen molar-refractivity contribution in [2.45, 2.75) is 13.8 Å². The molecule has 1 aliphatic heterocycles. The van der Waals surface area contributed by atoms with Crippen molar-refractivity contribution < 1.29 is 19.2 Å². The van der Waals surface area contributed by atoms with Gasteiger partial charge in [-0.05, 0) is 13.5 Å². The van der Waals surface area contributed by atoms with Crippen molar-refractivity contribution >= 4 is 11.6 Å². The summed E-state index contributed by atoms with van der Waals surface area (Å²) < 4.78 is 10.6. The van der Waals surface area contributed by atoms with E-state index >= 15 is 0 Å². The average molecular weight is 337 g/mol. The van der Waals surface area contributed by atoms with Gasteiger partial charge in [0.2, 0.25) is 0 Å². The van der Waals surface area contributed by atoms with Crippen molar-refractivity contribution in [2.24, 2.45) is 0 Å². The molecule has 0 aromatic heterocycles. The van der Waals surface area contributed by atoms with Gasteiger partial charge < -0.3 is 19.3 Å². The van der Waals surface area contributed by atoms with Crippen LogP contribution in [0.5, 0.6) is 11.5 Å². The molecule has 0 N–H and O–H groups in total. The summed E-state index contributed by atoms with van der Waals surface area (Å²) in [5.74, 6) is 0.234. The van der Waals surface area contributed by atoms with Gasteiger partial charge in [0.25, 0.3) is 11.6 Å².